The van der Waals surface area contributed by atoms with Crippen LogP contribution >= 0.6 is 15.9 Å². The zero-order chi connectivity index (χ0) is 14.4. The molecule has 3 saturated heterocycles. The van der Waals surface area contributed by atoms with Gasteiger partial charge in [-0.3, -0.25) is 4.79 Å². The van der Waals surface area contributed by atoms with Crippen LogP contribution in [0, 0.1) is 5.92 Å². The molecule has 3 aliphatic rings. The molecule has 21 heavy (non-hydrogen) atoms. The number of pyridine rings is 1. The van der Waals surface area contributed by atoms with Gasteiger partial charge in [0.2, 0.25) is 0 Å². The van der Waals surface area contributed by atoms with E-state index in [0.717, 1.165) is 22.1 Å². The number of carbonyl (C=O) groups excluding carboxylic acids is 1. The SMILES string of the molecule is O=C(NC1CN2CCC1CC2)c1ccc2cc(Br)cn2c1. The first-order chi connectivity index (χ1) is 10.2. The maximum absolute atomic E-state index is 12.5. The van der Waals surface area contributed by atoms with Crippen molar-refractivity contribution in [3.63, 3.8) is 0 Å². The van der Waals surface area contributed by atoms with Crippen LogP contribution in [0.5, 0.6) is 0 Å². The fourth-order valence-corrected chi connectivity index (χ4v) is 4.04. The van der Waals surface area contributed by atoms with Crippen LogP contribution < -0.4 is 5.32 Å². The number of carbonyl (C=O) groups is 1. The molecule has 2 bridgehead atoms. The van der Waals surface area contributed by atoms with Gasteiger partial charge in [0.05, 0.1) is 5.56 Å². The number of hydrogen-bond donors (Lipinski definition) is 1. The Morgan fingerprint density at radius 1 is 1.24 bits per heavy atom. The molecule has 0 radical (unpaired) electrons. The van der Waals surface area contributed by atoms with Crippen LogP contribution in [0.25, 0.3) is 5.52 Å². The number of fused-ring (bicyclic) bond motifs is 4. The third-order valence-electron chi connectivity index (χ3n) is 4.79. The van der Waals surface area contributed by atoms with Gasteiger partial charge in [0, 0.05) is 35.0 Å². The molecule has 1 amide bonds. The highest BCUT2D eigenvalue weighted by Crippen LogP contribution is 2.27. The Labute approximate surface area is 132 Å². The Bertz CT molecular complexity index is 688. The molecule has 3 aliphatic heterocycles. The van der Waals surface area contributed by atoms with Crippen LogP contribution in [0.2, 0.25) is 0 Å². The summed E-state index contributed by atoms with van der Waals surface area (Å²) in [4.78, 5) is 14.9. The van der Waals surface area contributed by atoms with Crippen LogP contribution in [0.1, 0.15) is 23.2 Å². The summed E-state index contributed by atoms with van der Waals surface area (Å²) in [5.41, 5.74) is 1.81. The molecule has 5 heterocycles. The number of halogens is 1. The van der Waals surface area contributed by atoms with E-state index < -0.39 is 0 Å². The number of rotatable bonds is 2. The molecule has 4 nitrogen and oxygen atoms in total. The highest BCUT2D eigenvalue weighted by atomic mass is 79.9. The Morgan fingerprint density at radius 3 is 2.76 bits per heavy atom. The quantitative estimate of drug-likeness (QED) is 0.906. The van der Waals surface area contributed by atoms with E-state index in [1.807, 2.05) is 35.0 Å². The number of aromatic nitrogens is 1. The number of hydrogen-bond acceptors (Lipinski definition) is 2. The van der Waals surface area contributed by atoms with Crippen molar-refractivity contribution in [1.29, 1.82) is 0 Å². The molecule has 0 saturated carbocycles. The Morgan fingerprint density at radius 2 is 2.05 bits per heavy atom. The van der Waals surface area contributed by atoms with Gasteiger partial charge in [-0.15, -0.1) is 0 Å². The largest absolute Gasteiger partial charge is 0.348 e. The minimum absolute atomic E-state index is 0.0421. The molecular weight excluding hydrogens is 330 g/mol. The molecule has 5 heteroatoms. The summed E-state index contributed by atoms with van der Waals surface area (Å²) in [6.45, 7) is 3.40. The molecule has 2 aromatic heterocycles. The molecule has 3 fully saturated rings. The Kier molecular flexibility index (Phi) is 3.27. The highest BCUT2D eigenvalue weighted by Gasteiger charge is 2.34. The molecule has 110 valence electrons. The topological polar surface area (TPSA) is 36.8 Å². The second-order valence-electron chi connectivity index (χ2n) is 6.13. The van der Waals surface area contributed by atoms with Gasteiger partial charge in [-0.2, -0.15) is 0 Å². The van der Waals surface area contributed by atoms with E-state index >= 15 is 0 Å². The lowest BCUT2D eigenvalue weighted by atomic mass is 9.84. The number of piperidine rings is 3. The molecule has 0 spiro atoms. The van der Waals surface area contributed by atoms with E-state index in [-0.39, 0.29) is 5.91 Å². The molecule has 1 atom stereocenters. The van der Waals surface area contributed by atoms with Crippen molar-refractivity contribution in [2.45, 2.75) is 18.9 Å². The molecule has 0 aromatic carbocycles. The van der Waals surface area contributed by atoms with E-state index in [2.05, 4.69) is 26.1 Å². The molecule has 1 N–H and O–H groups in total. The summed E-state index contributed by atoms with van der Waals surface area (Å²) in [5.74, 6) is 0.698. The van der Waals surface area contributed by atoms with Crippen molar-refractivity contribution in [2.24, 2.45) is 5.92 Å². The molecular formula is C16H18BrN3O. The third-order valence-corrected chi connectivity index (χ3v) is 5.23. The number of nitrogens with one attached hydrogen (secondary N) is 1. The minimum Gasteiger partial charge on any atom is -0.348 e. The van der Waals surface area contributed by atoms with E-state index in [4.69, 9.17) is 0 Å². The van der Waals surface area contributed by atoms with Gasteiger partial charge in [-0.25, -0.2) is 0 Å². The van der Waals surface area contributed by atoms with Gasteiger partial charge in [-0.1, -0.05) is 0 Å². The van der Waals surface area contributed by atoms with E-state index in [1.165, 1.54) is 25.9 Å². The van der Waals surface area contributed by atoms with Crippen molar-refractivity contribution in [3.8, 4) is 0 Å². The smallest absolute Gasteiger partial charge is 0.253 e. The van der Waals surface area contributed by atoms with E-state index in [9.17, 15) is 4.79 Å². The maximum Gasteiger partial charge on any atom is 0.253 e. The van der Waals surface area contributed by atoms with Crippen molar-refractivity contribution in [3.05, 3.63) is 40.6 Å². The second kappa shape index (κ2) is 5.14. The van der Waals surface area contributed by atoms with Crippen LogP contribution in [0.4, 0.5) is 0 Å². The van der Waals surface area contributed by atoms with Gasteiger partial charge >= 0.3 is 0 Å². The average Bonchev–Trinajstić information content (AvgIpc) is 2.87. The standard InChI is InChI=1S/C16H18BrN3O/c17-13-7-14-2-1-12(8-20(14)9-13)16(21)18-15-10-19-5-3-11(15)4-6-19/h1-2,7-9,11,15H,3-6,10H2,(H,18,21). The summed E-state index contributed by atoms with van der Waals surface area (Å²) in [7, 11) is 0. The lowest BCUT2D eigenvalue weighted by Crippen LogP contribution is -2.57. The molecule has 1 unspecified atom stereocenters. The van der Waals surface area contributed by atoms with E-state index in [0.29, 0.717) is 12.0 Å². The van der Waals surface area contributed by atoms with E-state index in [1.54, 1.807) is 0 Å². The van der Waals surface area contributed by atoms with Gasteiger partial charge in [0.25, 0.3) is 5.91 Å². The predicted molar refractivity (Wildman–Crippen MR) is 85.5 cm³/mol. The highest BCUT2D eigenvalue weighted by molar-refractivity contribution is 9.10. The van der Waals surface area contributed by atoms with Crippen molar-refractivity contribution in [1.82, 2.24) is 14.6 Å². The van der Waals surface area contributed by atoms with Gasteiger partial charge in [-0.05, 0) is 66.0 Å². The maximum atomic E-state index is 12.5. The zero-order valence-electron chi connectivity index (χ0n) is 11.8. The summed E-state index contributed by atoms with van der Waals surface area (Å²) in [5, 5.41) is 3.23. The van der Waals surface area contributed by atoms with Crippen LogP contribution in [0.15, 0.2) is 35.1 Å². The third kappa shape index (κ3) is 2.49. The second-order valence-corrected chi connectivity index (χ2v) is 7.04. The van der Waals surface area contributed by atoms with Crippen molar-refractivity contribution >= 4 is 27.4 Å². The molecule has 5 rings (SSSR count). The zero-order valence-corrected chi connectivity index (χ0v) is 13.3. The molecule has 0 aliphatic carbocycles. The lowest BCUT2D eigenvalue weighted by Gasteiger charge is -2.44. The van der Waals surface area contributed by atoms with Gasteiger partial charge in [0.1, 0.15) is 0 Å². The minimum atomic E-state index is 0.0421. The van der Waals surface area contributed by atoms with Crippen molar-refractivity contribution < 1.29 is 4.79 Å². The predicted octanol–water partition coefficient (Wildman–Crippen LogP) is 2.53. The summed E-state index contributed by atoms with van der Waals surface area (Å²) >= 11 is 3.46. The van der Waals surface area contributed by atoms with Gasteiger partial charge in [0.15, 0.2) is 0 Å². The first-order valence-corrected chi connectivity index (χ1v) is 8.29. The van der Waals surface area contributed by atoms with Crippen LogP contribution in [-0.2, 0) is 0 Å². The number of nitrogens with zero attached hydrogens (tertiary/aromatic N) is 2. The fraction of sp³-hybridized carbons (Fsp3) is 0.438. The normalized spacial score (nSPS) is 28.0. The summed E-state index contributed by atoms with van der Waals surface area (Å²) < 4.78 is 3.01. The summed E-state index contributed by atoms with van der Waals surface area (Å²) in [6.07, 6.45) is 6.31. The fourth-order valence-electron chi connectivity index (χ4n) is 3.59. The summed E-state index contributed by atoms with van der Waals surface area (Å²) in [6, 6.07) is 6.23. The first kappa shape index (κ1) is 13.3. The monoisotopic (exact) mass is 347 g/mol. The first-order valence-electron chi connectivity index (χ1n) is 7.49. The van der Waals surface area contributed by atoms with Crippen LogP contribution in [0.3, 0.4) is 0 Å². The number of amides is 1. The van der Waals surface area contributed by atoms with Gasteiger partial charge < -0.3 is 14.6 Å². The van der Waals surface area contributed by atoms with Crippen LogP contribution in [-0.4, -0.2) is 40.9 Å². The average molecular weight is 348 g/mol. The Hall–Kier alpha value is -1.33. The van der Waals surface area contributed by atoms with Crippen molar-refractivity contribution in [2.75, 3.05) is 19.6 Å². The lowest BCUT2D eigenvalue weighted by molar-refractivity contribution is 0.0620. The Balaban J connectivity index is 1.53. The molecule has 2 aromatic rings.